The standard InChI is InChI=1S/C18H25N3O8S/c1-26-8-5-19-17(22)18(23)20-12-16-21(6-2-7-29-16)30(24,25)13-3-4-14-15(11-13)28-10-9-27-14/h3-4,11,16H,2,5-10,12H2,1H3,(H,19,22)(H,20,23)/t16-/m0/s1. The summed E-state index contributed by atoms with van der Waals surface area (Å²) in [7, 11) is -2.45. The first kappa shape index (κ1) is 22.3. The van der Waals surface area contributed by atoms with Crippen LogP contribution in [-0.4, -0.2) is 83.9 Å². The molecule has 0 radical (unpaired) electrons. The van der Waals surface area contributed by atoms with Crippen molar-refractivity contribution in [3.63, 3.8) is 0 Å². The van der Waals surface area contributed by atoms with Gasteiger partial charge in [-0.05, 0) is 18.6 Å². The molecule has 2 aliphatic rings. The van der Waals surface area contributed by atoms with Gasteiger partial charge in [0.25, 0.3) is 0 Å². The molecule has 2 aliphatic heterocycles. The van der Waals surface area contributed by atoms with E-state index < -0.39 is 28.1 Å². The summed E-state index contributed by atoms with van der Waals surface area (Å²) in [6, 6.07) is 4.40. The first-order valence-electron chi connectivity index (χ1n) is 9.51. The topological polar surface area (TPSA) is 132 Å². The van der Waals surface area contributed by atoms with Crippen molar-refractivity contribution in [1.82, 2.24) is 14.9 Å². The monoisotopic (exact) mass is 443 g/mol. The Morgan fingerprint density at radius 1 is 1.13 bits per heavy atom. The van der Waals surface area contributed by atoms with E-state index in [1.54, 1.807) is 6.07 Å². The lowest BCUT2D eigenvalue weighted by Crippen LogP contribution is -2.53. The minimum atomic E-state index is -3.93. The third-order valence-corrected chi connectivity index (χ3v) is 6.39. The molecule has 11 nitrogen and oxygen atoms in total. The van der Waals surface area contributed by atoms with Gasteiger partial charge in [0.15, 0.2) is 11.5 Å². The van der Waals surface area contributed by atoms with Crippen molar-refractivity contribution in [1.29, 1.82) is 0 Å². The number of carbonyl (C=O) groups excluding carboxylic acids is 2. The molecule has 0 unspecified atom stereocenters. The molecule has 3 rings (SSSR count). The van der Waals surface area contributed by atoms with Gasteiger partial charge < -0.3 is 29.6 Å². The molecule has 0 bridgehead atoms. The number of rotatable bonds is 7. The van der Waals surface area contributed by atoms with E-state index in [0.717, 1.165) is 0 Å². The van der Waals surface area contributed by atoms with E-state index in [1.165, 1.54) is 23.5 Å². The summed E-state index contributed by atoms with van der Waals surface area (Å²) in [5.41, 5.74) is 0. The van der Waals surface area contributed by atoms with Gasteiger partial charge in [-0.15, -0.1) is 0 Å². The van der Waals surface area contributed by atoms with Crippen molar-refractivity contribution < 1.29 is 37.0 Å². The quantitative estimate of drug-likeness (QED) is 0.408. The summed E-state index contributed by atoms with van der Waals surface area (Å²) in [5.74, 6) is -0.864. The Labute approximate surface area is 174 Å². The summed E-state index contributed by atoms with van der Waals surface area (Å²) >= 11 is 0. The fourth-order valence-electron chi connectivity index (χ4n) is 3.03. The predicted octanol–water partition coefficient (Wildman–Crippen LogP) is -0.926. The number of sulfonamides is 1. The van der Waals surface area contributed by atoms with Crippen LogP contribution < -0.4 is 20.1 Å². The van der Waals surface area contributed by atoms with Gasteiger partial charge in [0.05, 0.1) is 24.7 Å². The zero-order chi connectivity index (χ0) is 21.6. The number of amides is 2. The molecule has 0 spiro atoms. The van der Waals surface area contributed by atoms with Crippen molar-refractivity contribution in [2.75, 3.05) is 53.2 Å². The molecule has 1 saturated heterocycles. The molecule has 1 atom stereocenters. The fourth-order valence-corrected chi connectivity index (χ4v) is 4.61. The van der Waals surface area contributed by atoms with Crippen molar-refractivity contribution in [3.05, 3.63) is 18.2 Å². The van der Waals surface area contributed by atoms with Crippen LogP contribution in [-0.2, 0) is 29.1 Å². The van der Waals surface area contributed by atoms with Gasteiger partial charge in [-0.1, -0.05) is 0 Å². The van der Waals surface area contributed by atoms with Crippen molar-refractivity contribution in [2.24, 2.45) is 0 Å². The van der Waals surface area contributed by atoms with E-state index in [9.17, 15) is 18.0 Å². The zero-order valence-electron chi connectivity index (χ0n) is 16.6. The van der Waals surface area contributed by atoms with E-state index in [2.05, 4.69) is 10.6 Å². The average Bonchev–Trinajstić information content (AvgIpc) is 2.77. The van der Waals surface area contributed by atoms with E-state index in [-0.39, 0.29) is 31.1 Å². The Balaban J connectivity index is 1.67. The minimum absolute atomic E-state index is 0.0332. The fraction of sp³-hybridized carbons (Fsp3) is 0.556. The highest BCUT2D eigenvalue weighted by atomic mass is 32.2. The Kier molecular flexibility index (Phi) is 7.48. The highest BCUT2D eigenvalue weighted by molar-refractivity contribution is 7.89. The van der Waals surface area contributed by atoms with Crippen LogP contribution in [0.15, 0.2) is 23.1 Å². The molecule has 2 heterocycles. The van der Waals surface area contributed by atoms with Gasteiger partial charge in [-0.25, -0.2) is 8.42 Å². The van der Waals surface area contributed by atoms with Gasteiger partial charge in [0.2, 0.25) is 10.0 Å². The summed E-state index contributed by atoms with van der Waals surface area (Å²) in [6.45, 7) is 1.59. The van der Waals surface area contributed by atoms with Gasteiger partial charge in [0, 0.05) is 26.3 Å². The number of nitrogens with one attached hydrogen (secondary N) is 2. The van der Waals surface area contributed by atoms with Crippen molar-refractivity contribution in [3.8, 4) is 11.5 Å². The molecule has 1 aromatic carbocycles. The average molecular weight is 443 g/mol. The van der Waals surface area contributed by atoms with Crippen LogP contribution in [0.4, 0.5) is 0 Å². The van der Waals surface area contributed by atoms with Gasteiger partial charge >= 0.3 is 11.8 Å². The van der Waals surface area contributed by atoms with Crippen LogP contribution in [0.25, 0.3) is 0 Å². The van der Waals surface area contributed by atoms with Crippen LogP contribution >= 0.6 is 0 Å². The summed E-state index contributed by atoms with van der Waals surface area (Å²) in [4.78, 5) is 23.7. The number of ether oxygens (including phenoxy) is 4. The molecule has 30 heavy (non-hydrogen) atoms. The van der Waals surface area contributed by atoms with Crippen molar-refractivity contribution in [2.45, 2.75) is 17.5 Å². The van der Waals surface area contributed by atoms with Crippen LogP contribution in [0.2, 0.25) is 0 Å². The van der Waals surface area contributed by atoms with Crippen LogP contribution in [0.3, 0.4) is 0 Å². The third-order valence-electron chi connectivity index (χ3n) is 4.51. The largest absolute Gasteiger partial charge is 0.486 e. The Bertz CT molecular complexity index is 876. The first-order valence-corrected chi connectivity index (χ1v) is 11.0. The third kappa shape index (κ3) is 5.19. The highest BCUT2D eigenvalue weighted by Gasteiger charge is 2.35. The van der Waals surface area contributed by atoms with E-state index >= 15 is 0 Å². The second kappa shape index (κ2) is 10.1. The second-order valence-electron chi connectivity index (χ2n) is 6.56. The van der Waals surface area contributed by atoms with E-state index in [4.69, 9.17) is 18.9 Å². The van der Waals surface area contributed by atoms with Crippen molar-refractivity contribution >= 4 is 21.8 Å². The molecule has 12 heteroatoms. The Morgan fingerprint density at radius 2 is 1.87 bits per heavy atom. The molecule has 2 amide bonds. The number of hydrogen-bond donors (Lipinski definition) is 2. The number of carbonyl (C=O) groups is 2. The smallest absolute Gasteiger partial charge is 0.309 e. The maximum atomic E-state index is 13.2. The van der Waals surface area contributed by atoms with Crippen LogP contribution in [0.5, 0.6) is 11.5 Å². The molecular formula is C18H25N3O8S. The van der Waals surface area contributed by atoms with Crippen LogP contribution in [0.1, 0.15) is 6.42 Å². The maximum Gasteiger partial charge on any atom is 0.309 e. The van der Waals surface area contributed by atoms with E-state index in [1.807, 2.05) is 0 Å². The maximum absolute atomic E-state index is 13.2. The summed E-state index contributed by atoms with van der Waals surface area (Å²) in [5, 5.41) is 4.81. The lowest BCUT2D eigenvalue weighted by Gasteiger charge is -2.34. The minimum Gasteiger partial charge on any atom is -0.486 e. The number of methoxy groups -OCH3 is 1. The normalized spacial score (nSPS) is 19.2. The zero-order valence-corrected chi connectivity index (χ0v) is 17.4. The molecule has 1 aromatic rings. The number of fused-ring (bicyclic) bond motifs is 1. The molecule has 0 aliphatic carbocycles. The highest BCUT2D eigenvalue weighted by Crippen LogP contribution is 2.34. The lowest BCUT2D eigenvalue weighted by molar-refractivity contribution is -0.140. The molecule has 1 fully saturated rings. The molecule has 166 valence electrons. The molecule has 0 saturated carbocycles. The predicted molar refractivity (Wildman–Crippen MR) is 104 cm³/mol. The molecule has 2 N–H and O–H groups in total. The Hall–Kier alpha value is -2.41. The summed E-state index contributed by atoms with van der Waals surface area (Å²) < 4.78 is 48.8. The Morgan fingerprint density at radius 3 is 2.63 bits per heavy atom. The first-order chi connectivity index (χ1) is 14.4. The number of nitrogens with zero attached hydrogens (tertiary/aromatic N) is 1. The number of hydrogen-bond acceptors (Lipinski definition) is 8. The SMILES string of the molecule is COCCNC(=O)C(=O)NC[C@@H]1OCCCN1S(=O)(=O)c1ccc2c(c1)OCCO2. The van der Waals surface area contributed by atoms with Gasteiger partial charge in [-0.3, -0.25) is 9.59 Å². The lowest BCUT2D eigenvalue weighted by atomic mass is 10.3. The second-order valence-corrected chi connectivity index (χ2v) is 8.45. The molecule has 0 aromatic heterocycles. The molecular weight excluding hydrogens is 418 g/mol. The van der Waals surface area contributed by atoms with Gasteiger partial charge in [-0.2, -0.15) is 4.31 Å². The summed E-state index contributed by atoms with van der Waals surface area (Å²) in [6.07, 6.45) is -0.432. The van der Waals surface area contributed by atoms with Crippen LogP contribution in [0, 0.1) is 0 Å². The van der Waals surface area contributed by atoms with Gasteiger partial charge in [0.1, 0.15) is 19.4 Å². The van der Waals surface area contributed by atoms with E-state index in [0.29, 0.717) is 37.7 Å². The number of benzene rings is 1.